The molecule has 1 aliphatic rings. The van der Waals surface area contributed by atoms with Crippen molar-refractivity contribution in [3.8, 4) is 5.75 Å². The van der Waals surface area contributed by atoms with E-state index in [0.29, 0.717) is 0 Å². The van der Waals surface area contributed by atoms with Gasteiger partial charge in [-0.05, 0) is 18.2 Å². The zero-order valence-corrected chi connectivity index (χ0v) is 18.2. The van der Waals surface area contributed by atoms with Gasteiger partial charge in [0, 0.05) is 26.2 Å². The van der Waals surface area contributed by atoms with Crippen LogP contribution in [0.15, 0.2) is 23.1 Å². The third kappa shape index (κ3) is 7.41. The molecule has 7 nitrogen and oxygen atoms in total. The maximum atomic E-state index is 12.5. The van der Waals surface area contributed by atoms with E-state index >= 15 is 0 Å². The average molecular weight is 522 g/mol. The zero-order valence-electron chi connectivity index (χ0n) is 14.3. The summed E-state index contributed by atoms with van der Waals surface area (Å²) in [5.74, 6) is -0.983. The number of carbonyl (C=O) groups is 1. The molecule has 0 saturated carbocycles. The molecule has 1 amide bonds. The fraction of sp³-hybridized carbons (Fsp3) is 0.500. The van der Waals surface area contributed by atoms with Crippen LogP contribution in [0.2, 0.25) is 0 Å². The molecule has 2 rings (SSSR count). The summed E-state index contributed by atoms with van der Waals surface area (Å²) in [4.78, 5) is 14.2. The van der Waals surface area contributed by atoms with Crippen molar-refractivity contribution in [2.45, 2.75) is 14.9 Å². The van der Waals surface area contributed by atoms with Gasteiger partial charge < -0.3 is 14.5 Å². The molecule has 1 aliphatic heterocycles. The Hall–Kier alpha value is -0.850. The minimum Gasteiger partial charge on any atom is -0.482 e. The van der Waals surface area contributed by atoms with E-state index in [9.17, 15) is 30.9 Å². The van der Waals surface area contributed by atoms with Gasteiger partial charge in [-0.25, -0.2) is 0 Å². The number of rotatable bonds is 4. The van der Waals surface area contributed by atoms with E-state index in [1.54, 1.807) is 0 Å². The standard InChI is InChI=1S/C14H14Cl3F3N2O5S.ClH/c15-14(16,17)12(23)22-5-3-21(4-6-22)10-7-9(28(24,25)26)1-2-11(10)27-8-13(18,19)20;/h1-2,7H,3-6,8H2,(H,24,25,26);1H. The average Bonchev–Trinajstić information content (AvgIpc) is 2.57. The minimum atomic E-state index is -4.60. The van der Waals surface area contributed by atoms with Crippen LogP contribution in [0.1, 0.15) is 0 Å². The van der Waals surface area contributed by atoms with Crippen molar-refractivity contribution < 1.29 is 35.7 Å². The highest BCUT2D eigenvalue weighted by Gasteiger charge is 2.37. The van der Waals surface area contributed by atoms with Gasteiger partial charge in [0.15, 0.2) is 6.61 Å². The summed E-state index contributed by atoms with van der Waals surface area (Å²) < 4.78 is 72.0. The number of halogens is 7. The number of hydrogen-bond acceptors (Lipinski definition) is 5. The molecule has 0 bridgehead atoms. The molecule has 0 aliphatic carbocycles. The van der Waals surface area contributed by atoms with Crippen molar-refractivity contribution in [3.63, 3.8) is 0 Å². The molecule has 1 heterocycles. The van der Waals surface area contributed by atoms with Crippen molar-refractivity contribution >= 4 is 68.9 Å². The van der Waals surface area contributed by atoms with Crippen LogP contribution < -0.4 is 9.64 Å². The Balaban J connectivity index is 0.00000420. The smallest absolute Gasteiger partial charge is 0.422 e. The number of ether oxygens (including phenoxy) is 1. The van der Waals surface area contributed by atoms with E-state index in [1.807, 2.05) is 0 Å². The van der Waals surface area contributed by atoms with Crippen LogP contribution in [0.5, 0.6) is 5.75 Å². The third-order valence-corrected chi connectivity index (χ3v) is 5.10. The SMILES string of the molecule is Cl.O=C(N1CCN(c2cc(S(=O)(=O)O)ccc2OCC(F)(F)F)CC1)C(Cl)(Cl)Cl. The Morgan fingerprint density at radius 2 is 1.69 bits per heavy atom. The number of nitrogens with zero attached hydrogens (tertiary/aromatic N) is 2. The predicted octanol–water partition coefficient (Wildman–Crippen LogP) is 3.32. The first-order valence-corrected chi connectivity index (χ1v) is 10.2. The lowest BCUT2D eigenvalue weighted by atomic mass is 10.2. The Morgan fingerprint density at radius 3 is 2.14 bits per heavy atom. The van der Waals surface area contributed by atoms with Crippen LogP contribution in [0.4, 0.5) is 18.9 Å². The van der Waals surface area contributed by atoms with Gasteiger partial charge in [-0.2, -0.15) is 21.6 Å². The quantitative estimate of drug-likeness (QED) is 0.483. The van der Waals surface area contributed by atoms with Crippen LogP contribution in [0.3, 0.4) is 0 Å². The molecule has 0 atom stereocenters. The van der Waals surface area contributed by atoms with Crippen LogP contribution in [-0.2, 0) is 14.9 Å². The maximum absolute atomic E-state index is 12.5. The zero-order chi connectivity index (χ0) is 21.3. The summed E-state index contributed by atoms with van der Waals surface area (Å²) in [5.41, 5.74) is 0.0142. The normalized spacial score (nSPS) is 15.7. The molecule has 166 valence electrons. The molecule has 0 aromatic heterocycles. The maximum Gasteiger partial charge on any atom is 0.422 e. The van der Waals surface area contributed by atoms with Crippen molar-refractivity contribution in [3.05, 3.63) is 18.2 Å². The molecule has 1 fully saturated rings. The number of piperazine rings is 1. The van der Waals surface area contributed by atoms with Crippen LogP contribution in [0, 0.1) is 0 Å². The second-order valence-corrected chi connectivity index (χ2v) is 9.49. The lowest BCUT2D eigenvalue weighted by Gasteiger charge is -2.37. The first-order chi connectivity index (χ1) is 12.7. The van der Waals surface area contributed by atoms with Crippen molar-refractivity contribution in [1.29, 1.82) is 0 Å². The molecule has 0 radical (unpaired) electrons. The molecule has 1 N–H and O–H groups in total. The summed E-state index contributed by atoms with van der Waals surface area (Å²) in [5, 5.41) is 0. The second-order valence-electron chi connectivity index (χ2n) is 5.79. The minimum absolute atomic E-state index is 0. The Kier molecular flexibility index (Phi) is 8.60. The summed E-state index contributed by atoms with van der Waals surface area (Å²) in [6, 6.07) is 2.93. The molecular weight excluding hydrogens is 507 g/mol. The first-order valence-electron chi connectivity index (χ1n) is 7.60. The lowest BCUT2D eigenvalue weighted by Crippen LogP contribution is -2.51. The van der Waals surface area contributed by atoms with Crippen molar-refractivity contribution in [2.24, 2.45) is 0 Å². The summed E-state index contributed by atoms with van der Waals surface area (Å²) in [6.07, 6.45) is -4.60. The highest BCUT2D eigenvalue weighted by atomic mass is 35.6. The Labute approximate surface area is 185 Å². The number of carbonyl (C=O) groups excluding carboxylic acids is 1. The van der Waals surface area contributed by atoms with E-state index in [-0.39, 0.29) is 50.0 Å². The van der Waals surface area contributed by atoms with E-state index < -0.39 is 37.5 Å². The van der Waals surface area contributed by atoms with Gasteiger partial charge in [-0.3, -0.25) is 9.35 Å². The largest absolute Gasteiger partial charge is 0.482 e. The Morgan fingerprint density at radius 1 is 1.14 bits per heavy atom. The number of anilines is 1. The number of hydrogen-bond donors (Lipinski definition) is 1. The van der Waals surface area contributed by atoms with Gasteiger partial charge in [-0.1, -0.05) is 34.8 Å². The number of alkyl halides is 6. The highest BCUT2D eigenvalue weighted by Crippen LogP contribution is 2.34. The van der Waals surface area contributed by atoms with E-state index in [1.165, 1.54) is 9.80 Å². The van der Waals surface area contributed by atoms with Crippen molar-refractivity contribution in [1.82, 2.24) is 4.90 Å². The first kappa shape index (κ1) is 26.2. The van der Waals surface area contributed by atoms with E-state index in [0.717, 1.165) is 18.2 Å². The topological polar surface area (TPSA) is 87.2 Å². The number of benzene rings is 1. The van der Waals surface area contributed by atoms with E-state index in [4.69, 9.17) is 39.5 Å². The van der Waals surface area contributed by atoms with Gasteiger partial charge in [0.1, 0.15) is 5.75 Å². The van der Waals surface area contributed by atoms with Crippen LogP contribution >= 0.6 is 47.2 Å². The van der Waals surface area contributed by atoms with Gasteiger partial charge in [0.05, 0.1) is 10.6 Å². The molecule has 0 unspecified atom stereocenters. The van der Waals surface area contributed by atoms with Gasteiger partial charge in [0.25, 0.3) is 19.8 Å². The Bertz CT molecular complexity index is 841. The highest BCUT2D eigenvalue weighted by molar-refractivity contribution is 7.85. The van der Waals surface area contributed by atoms with Gasteiger partial charge >= 0.3 is 6.18 Å². The van der Waals surface area contributed by atoms with Crippen LogP contribution in [0.25, 0.3) is 0 Å². The summed E-state index contributed by atoms with van der Waals surface area (Å²) >= 11 is 16.7. The summed E-state index contributed by atoms with van der Waals surface area (Å²) in [7, 11) is -4.59. The fourth-order valence-corrected chi connectivity index (χ4v) is 3.38. The third-order valence-electron chi connectivity index (χ3n) is 3.77. The summed E-state index contributed by atoms with van der Waals surface area (Å²) in [6.45, 7) is -1.24. The van der Waals surface area contributed by atoms with Crippen LogP contribution in [-0.4, -0.2) is 66.5 Å². The molecule has 29 heavy (non-hydrogen) atoms. The lowest BCUT2D eigenvalue weighted by molar-refractivity contribution is -0.153. The van der Waals surface area contributed by atoms with Crippen molar-refractivity contribution in [2.75, 3.05) is 37.7 Å². The van der Waals surface area contributed by atoms with Gasteiger partial charge in [0.2, 0.25) is 0 Å². The van der Waals surface area contributed by atoms with E-state index in [2.05, 4.69) is 0 Å². The molecule has 15 heteroatoms. The molecule has 1 saturated heterocycles. The second kappa shape index (κ2) is 9.52. The fourth-order valence-electron chi connectivity index (χ4n) is 2.52. The number of amides is 1. The molecule has 1 aromatic rings. The molecular formula is C14H15Cl4F3N2O5S. The molecule has 1 aromatic carbocycles. The molecule has 0 spiro atoms. The van der Waals surface area contributed by atoms with Gasteiger partial charge in [-0.15, -0.1) is 12.4 Å². The predicted molar refractivity (Wildman–Crippen MR) is 104 cm³/mol. The monoisotopic (exact) mass is 520 g/mol.